The zero-order chi connectivity index (χ0) is 29.0. The molecule has 0 amide bonds. The lowest BCUT2D eigenvalue weighted by molar-refractivity contribution is -0.294. The summed E-state index contributed by atoms with van der Waals surface area (Å²) in [6.45, 7) is 5.42. The number of Topliss-reactive ketones (excluding diaryl/α,β-unsaturated/α-hetero) is 2. The summed E-state index contributed by atoms with van der Waals surface area (Å²) in [5.41, 5.74) is 2.48. The standard InChI is InChI=1S/C30H42N2O8/c1-3-5-7-12-18-37-39-20-16-24-22-26(30(34)29(33)23-14-10-9-11-15-23)28(32-36)27(31-35)25(24)17-21-40-38-19-13-8-6-4-2/h9-11,14-15,22,32,36H,3-8,12-13,16-21H2,1-2H3. The van der Waals surface area contributed by atoms with E-state index in [1.54, 1.807) is 18.2 Å². The SMILES string of the molecule is CCCCCCOOCCc1cc(C(=O)C(=O)c2ccccc2)c(NO)c(N=O)c1CCOOCCCCCC. The number of rotatable bonds is 23. The van der Waals surface area contributed by atoms with Gasteiger partial charge in [0.2, 0.25) is 11.6 Å². The number of nitroso groups, excluding NO2 is 1. The summed E-state index contributed by atoms with van der Waals surface area (Å²) in [6.07, 6.45) is 8.82. The number of benzene rings is 2. The van der Waals surface area contributed by atoms with Crippen molar-refractivity contribution < 1.29 is 34.3 Å². The first-order valence-corrected chi connectivity index (χ1v) is 14.1. The van der Waals surface area contributed by atoms with Crippen LogP contribution in [0, 0.1) is 4.91 Å². The van der Waals surface area contributed by atoms with Crippen molar-refractivity contribution in [3.8, 4) is 0 Å². The van der Waals surface area contributed by atoms with E-state index < -0.39 is 11.6 Å². The summed E-state index contributed by atoms with van der Waals surface area (Å²) in [6, 6.07) is 9.53. The van der Waals surface area contributed by atoms with Crippen LogP contribution in [0.4, 0.5) is 11.4 Å². The zero-order valence-electron chi connectivity index (χ0n) is 23.6. The van der Waals surface area contributed by atoms with Gasteiger partial charge in [-0.05, 0) is 41.6 Å². The molecule has 0 radical (unpaired) electrons. The van der Waals surface area contributed by atoms with Crippen molar-refractivity contribution in [1.29, 1.82) is 0 Å². The minimum Gasteiger partial charge on any atom is -0.291 e. The number of carbonyl (C=O) groups is 2. The Balaban J connectivity index is 2.22. The zero-order valence-corrected chi connectivity index (χ0v) is 23.6. The molecule has 0 fully saturated rings. The monoisotopic (exact) mass is 558 g/mol. The molecule has 10 heteroatoms. The summed E-state index contributed by atoms with van der Waals surface area (Å²) < 4.78 is 0. The normalized spacial score (nSPS) is 11.0. The molecule has 0 saturated heterocycles. The van der Waals surface area contributed by atoms with E-state index in [-0.39, 0.29) is 48.6 Å². The van der Waals surface area contributed by atoms with E-state index in [1.807, 2.05) is 5.48 Å². The van der Waals surface area contributed by atoms with Gasteiger partial charge in [0.1, 0.15) is 11.4 Å². The number of hydrogen-bond acceptors (Lipinski definition) is 10. The lowest BCUT2D eigenvalue weighted by Gasteiger charge is -2.17. The molecule has 0 spiro atoms. The van der Waals surface area contributed by atoms with E-state index in [9.17, 15) is 19.7 Å². The van der Waals surface area contributed by atoms with Crippen molar-refractivity contribution in [2.45, 2.75) is 78.1 Å². The summed E-state index contributed by atoms with van der Waals surface area (Å²) in [7, 11) is 0. The molecule has 0 aliphatic rings. The Morgan fingerprint density at radius 3 is 1.90 bits per heavy atom. The van der Waals surface area contributed by atoms with Gasteiger partial charge in [-0.15, -0.1) is 4.91 Å². The van der Waals surface area contributed by atoms with E-state index in [1.165, 1.54) is 18.2 Å². The van der Waals surface area contributed by atoms with Crippen LogP contribution in [-0.2, 0) is 32.4 Å². The van der Waals surface area contributed by atoms with Gasteiger partial charge >= 0.3 is 0 Å². The highest BCUT2D eigenvalue weighted by Crippen LogP contribution is 2.37. The molecule has 0 aromatic heterocycles. The molecule has 0 aliphatic heterocycles. The molecule has 0 heterocycles. The number of carbonyl (C=O) groups excluding carboxylic acids is 2. The molecule has 2 aromatic carbocycles. The molecule has 0 unspecified atom stereocenters. The van der Waals surface area contributed by atoms with Crippen LogP contribution in [-0.4, -0.2) is 43.2 Å². The number of unbranched alkanes of at least 4 members (excludes halogenated alkanes) is 6. The minimum atomic E-state index is -0.889. The average Bonchev–Trinajstić information content (AvgIpc) is 2.99. The highest BCUT2D eigenvalue weighted by molar-refractivity contribution is 6.50. The third kappa shape index (κ3) is 10.9. The number of nitrogens with one attached hydrogen (secondary N) is 1. The molecular formula is C30H42N2O8. The maximum Gasteiger partial charge on any atom is 0.235 e. The Kier molecular flexibility index (Phi) is 16.5. The fourth-order valence-corrected chi connectivity index (χ4v) is 4.21. The first kappa shape index (κ1) is 33.2. The second-order valence-corrected chi connectivity index (χ2v) is 9.42. The number of anilines is 1. The average molecular weight is 559 g/mol. The van der Waals surface area contributed by atoms with Gasteiger partial charge in [0, 0.05) is 12.0 Å². The van der Waals surface area contributed by atoms with Gasteiger partial charge < -0.3 is 0 Å². The molecule has 0 saturated carbocycles. The first-order valence-electron chi connectivity index (χ1n) is 14.1. The smallest absolute Gasteiger partial charge is 0.235 e. The molecule has 40 heavy (non-hydrogen) atoms. The van der Waals surface area contributed by atoms with Gasteiger partial charge in [0.05, 0.1) is 32.0 Å². The second kappa shape index (κ2) is 19.9. The Hall–Kier alpha value is -3.02. The highest BCUT2D eigenvalue weighted by Gasteiger charge is 2.27. The molecule has 0 aliphatic carbocycles. The van der Waals surface area contributed by atoms with E-state index in [2.05, 4.69) is 19.0 Å². The third-order valence-corrected chi connectivity index (χ3v) is 6.41. The quantitative estimate of drug-likeness (QED) is 0.0366. The predicted molar refractivity (Wildman–Crippen MR) is 152 cm³/mol. The largest absolute Gasteiger partial charge is 0.291 e. The first-order chi connectivity index (χ1) is 19.6. The second-order valence-electron chi connectivity index (χ2n) is 9.42. The molecule has 10 nitrogen and oxygen atoms in total. The van der Waals surface area contributed by atoms with Gasteiger partial charge in [-0.3, -0.25) is 20.3 Å². The molecule has 0 bridgehead atoms. The van der Waals surface area contributed by atoms with Crippen LogP contribution in [0.5, 0.6) is 0 Å². The summed E-state index contributed by atoms with van der Waals surface area (Å²) in [5, 5.41) is 13.0. The van der Waals surface area contributed by atoms with Crippen LogP contribution < -0.4 is 5.48 Å². The Morgan fingerprint density at radius 2 is 1.35 bits per heavy atom. The van der Waals surface area contributed by atoms with Crippen molar-refractivity contribution in [3.63, 3.8) is 0 Å². The van der Waals surface area contributed by atoms with Crippen molar-refractivity contribution in [3.05, 3.63) is 63.6 Å². The van der Waals surface area contributed by atoms with Gasteiger partial charge in [0.15, 0.2) is 0 Å². The summed E-state index contributed by atoms with van der Waals surface area (Å²) in [4.78, 5) is 59.3. The van der Waals surface area contributed by atoms with Gasteiger partial charge in [-0.25, -0.2) is 19.6 Å². The number of hydrogen-bond donors (Lipinski definition) is 2. The molecule has 2 aromatic rings. The Labute approximate surface area is 236 Å². The van der Waals surface area contributed by atoms with Gasteiger partial charge in [0.25, 0.3) is 0 Å². The maximum atomic E-state index is 13.2. The summed E-state index contributed by atoms with van der Waals surface area (Å²) >= 11 is 0. The third-order valence-electron chi connectivity index (χ3n) is 6.41. The van der Waals surface area contributed by atoms with Crippen LogP contribution in [0.1, 0.15) is 97.1 Å². The van der Waals surface area contributed by atoms with E-state index in [0.717, 1.165) is 51.4 Å². The van der Waals surface area contributed by atoms with Crippen molar-refractivity contribution in [2.24, 2.45) is 5.18 Å². The van der Waals surface area contributed by atoms with E-state index in [0.29, 0.717) is 24.3 Å². The maximum absolute atomic E-state index is 13.2. The van der Waals surface area contributed by atoms with E-state index >= 15 is 0 Å². The van der Waals surface area contributed by atoms with Crippen LogP contribution >= 0.6 is 0 Å². The molecule has 220 valence electrons. The Bertz CT molecular complexity index is 1050. The van der Waals surface area contributed by atoms with Crippen LogP contribution in [0.2, 0.25) is 0 Å². The topological polar surface area (TPSA) is 133 Å². The molecule has 2 rings (SSSR count). The minimum absolute atomic E-state index is 0.110. The van der Waals surface area contributed by atoms with E-state index in [4.69, 9.17) is 19.6 Å². The van der Waals surface area contributed by atoms with Crippen molar-refractivity contribution in [1.82, 2.24) is 0 Å². The molecular weight excluding hydrogens is 516 g/mol. The number of ketones is 2. The Morgan fingerprint density at radius 1 is 0.775 bits per heavy atom. The molecule has 0 atom stereocenters. The number of nitrogens with zero attached hydrogens (tertiary/aromatic N) is 1. The van der Waals surface area contributed by atoms with Crippen molar-refractivity contribution >= 4 is 22.9 Å². The van der Waals surface area contributed by atoms with Crippen LogP contribution in [0.15, 0.2) is 41.6 Å². The molecule has 2 N–H and O–H groups in total. The van der Waals surface area contributed by atoms with Gasteiger partial charge in [-0.2, -0.15) is 0 Å². The van der Waals surface area contributed by atoms with Crippen LogP contribution in [0.3, 0.4) is 0 Å². The van der Waals surface area contributed by atoms with Gasteiger partial charge in [-0.1, -0.05) is 82.7 Å². The lowest BCUT2D eigenvalue weighted by atomic mass is 9.91. The predicted octanol–water partition coefficient (Wildman–Crippen LogP) is 7.09. The summed E-state index contributed by atoms with van der Waals surface area (Å²) in [5.74, 6) is -1.67. The van der Waals surface area contributed by atoms with Crippen LogP contribution in [0.25, 0.3) is 0 Å². The fourth-order valence-electron chi connectivity index (χ4n) is 4.21. The van der Waals surface area contributed by atoms with Crippen molar-refractivity contribution in [2.75, 3.05) is 31.9 Å². The lowest BCUT2D eigenvalue weighted by Crippen LogP contribution is -2.18. The fraction of sp³-hybridized carbons (Fsp3) is 0.533. The highest BCUT2D eigenvalue weighted by atomic mass is 17.2.